The maximum Gasteiger partial charge on any atom is 0.288 e. The van der Waals surface area contributed by atoms with Crippen molar-refractivity contribution in [2.75, 3.05) is 13.7 Å². The highest BCUT2D eigenvalue weighted by molar-refractivity contribution is 7.80. The molecule has 1 aromatic rings. The van der Waals surface area contributed by atoms with Crippen LogP contribution in [0, 0.1) is 10.1 Å². The number of hydrazone groups is 1. The predicted molar refractivity (Wildman–Crippen MR) is 90.5 cm³/mol. The number of benzene rings is 1. The zero-order valence-corrected chi connectivity index (χ0v) is 14.0. The molecule has 1 atom stereocenters. The Balaban J connectivity index is 2.75. The molecular formula is C13H17ClN4O3S. The van der Waals surface area contributed by atoms with E-state index in [1.54, 1.807) is 20.1 Å². The summed E-state index contributed by atoms with van der Waals surface area (Å²) in [6, 6.07) is 4.52. The SMILES string of the molecule is COC[C@H](C)NC(=S)N/N=C(/C)c1ccc(Cl)c([N+](=O)[O-])c1. The lowest BCUT2D eigenvalue weighted by Crippen LogP contribution is -2.40. The summed E-state index contributed by atoms with van der Waals surface area (Å²) in [7, 11) is 1.60. The molecule has 0 aliphatic rings. The molecular weight excluding hydrogens is 328 g/mol. The number of nitrogens with zero attached hydrogens (tertiary/aromatic N) is 2. The average Bonchev–Trinajstić information content (AvgIpc) is 2.45. The fourth-order valence-corrected chi connectivity index (χ4v) is 2.06. The van der Waals surface area contributed by atoms with E-state index in [9.17, 15) is 10.1 Å². The van der Waals surface area contributed by atoms with Crippen LogP contribution in [0.2, 0.25) is 5.02 Å². The minimum Gasteiger partial charge on any atom is -0.383 e. The van der Waals surface area contributed by atoms with E-state index in [4.69, 9.17) is 28.6 Å². The number of halogens is 1. The van der Waals surface area contributed by atoms with Crippen molar-refractivity contribution in [3.05, 3.63) is 38.9 Å². The molecule has 0 spiro atoms. The Bertz CT molecular complexity index is 595. The van der Waals surface area contributed by atoms with Crippen LogP contribution < -0.4 is 10.7 Å². The Morgan fingerprint density at radius 2 is 2.27 bits per heavy atom. The fourth-order valence-electron chi connectivity index (χ4n) is 1.62. The summed E-state index contributed by atoms with van der Waals surface area (Å²) in [5.41, 5.74) is 3.64. The Morgan fingerprint density at radius 1 is 1.59 bits per heavy atom. The van der Waals surface area contributed by atoms with E-state index >= 15 is 0 Å². The van der Waals surface area contributed by atoms with E-state index in [1.165, 1.54) is 12.1 Å². The molecule has 0 aliphatic carbocycles. The van der Waals surface area contributed by atoms with Crippen LogP contribution in [0.5, 0.6) is 0 Å². The van der Waals surface area contributed by atoms with Gasteiger partial charge in [0, 0.05) is 24.8 Å². The van der Waals surface area contributed by atoms with Gasteiger partial charge in [0.25, 0.3) is 5.69 Å². The molecule has 0 amide bonds. The number of nitrogens with one attached hydrogen (secondary N) is 2. The lowest BCUT2D eigenvalue weighted by Gasteiger charge is -2.14. The quantitative estimate of drug-likeness (QED) is 0.356. The molecule has 9 heteroatoms. The molecule has 2 N–H and O–H groups in total. The van der Waals surface area contributed by atoms with Crippen molar-refractivity contribution < 1.29 is 9.66 Å². The van der Waals surface area contributed by atoms with Gasteiger partial charge < -0.3 is 10.1 Å². The molecule has 0 aromatic heterocycles. The third-order valence-corrected chi connectivity index (χ3v) is 3.21. The second-order valence-corrected chi connectivity index (χ2v) is 5.38. The summed E-state index contributed by atoms with van der Waals surface area (Å²) in [6.07, 6.45) is 0. The van der Waals surface area contributed by atoms with E-state index in [0.29, 0.717) is 23.0 Å². The third kappa shape index (κ3) is 5.55. The topological polar surface area (TPSA) is 88.8 Å². The number of nitro benzene ring substituents is 1. The molecule has 0 heterocycles. The monoisotopic (exact) mass is 344 g/mol. The molecule has 0 saturated carbocycles. The Labute approximate surface area is 138 Å². The molecule has 0 fully saturated rings. The standard InChI is InChI=1S/C13H17ClN4O3S/c1-8(7-21-3)15-13(22)17-16-9(2)10-4-5-11(14)12(6-10)18(19)20/h4-6,8H,7H2,1-3H3,(H2,15,17,22)/b16-9-/t8-/m0/s1. The largest absolute Gasteiger partial charge is 0.383 e. The van der Waals surface area contributed by atoms with Gasteiger partial charge in [-0.3, -0.25) is 15.5 Å². The maximum absolute atomic E-state index is 10.9. The second-order valence-electron chi connectivity index (χ2n) is 4.56. The van der Waals surface area contributed by atoms with Gasteiger partial charge in [-0.15, -0.1) is 0 Å². The highest BCUT2D eigenvalue weighted by Crippen LogP contribution is 2.25. The van der Waals surface area contributed by atoms with Crippen molar-refractivity contribution in [1.82, 2.24) is 10.7 Å². The van der Waals surface area contributed by atoms with Crippen LogP contribution in [0.3, 0.4) is 0 Å². The molecule has 22 heavy (non-hydrogen) atoms. The summed E-state index contributed by atoms with van der Waals surface area (Å²) in [4.78, 5) is 10.3. The first-order chi connectivity index (χ1) is 10.3. The van der Waals surface area contributed by atoms with Crippen molar-refractivity contribution in [3.8, 4) is 0 Å². The van der Waals surface area contributed by atoms with Crippen LogP contribution in [0.15, 0.2) is 23.3 Å². The molecule has 1 rings (SSSR count). The predicted octanol–water partition coefficient (Wildman–Crippen LogP) is 2.47. The zero-order chi connectivity index (χ0) is 16.7. The summed E-state index contributed by atoms with van der Waals surface area (Å²) in [5.74, 6) is 0. The molecule has 0 saturated heterocycles. The number of hydrogen-bond acceptors (Lipinski definition) is 5. The minimum atomic E-state index is -0.537. The Hall–Kier alpha value is -1.77. The maximum atomic E-state index is 10.9. The van der Waals surface area contributed by atoms with Crippen LogP contribution in [0.4, 0.5) is 5.69 Å². The van der Waals surface area contributed by atoms with E-state index in [1.807, 2.05) is 6.92 Å². The van der Waals surface area contributed by atoms with Gasteiger partial charge in [-0.1, -0.05) is 17.7 Å². The van der Waals surface area contributed by atoms with Crippen molar-refractivity contribution in [1.29, 1.82) is 0 Å². The van der Waals surface area contributed by atoms with Gasteiger partial charge in [-0.05, 0) is 32.1 Å². The highest BCUT2D eigenvalue weighted by atomic mass is 35.5. The van der Waals surface area contributed by atoms with Crippen molar-refractivity contribution in [2.24, 2.45) is 5.10 Å². The van der Waals surface area contributed by atoms with Crippen molar-refractivity contribution in [2.45, 2.75) is 19.9 Å². The van der Waals surface area contributed by atoms with Gasteiger partial charge in [0.05, 0.1) is 17.2 Å². The first-order valence-electron chi connectivity index (χ1n) is 6.39. The summed E-state index contributed by atoms with van der Waals surface area (Å²) < 4.78 is 4.98. The van der Waals surface area contributed by atoms with Gasteiger partial charge in [0.1, 0.15) is 5.02 Å². The van der Waals surface area contributed by atoms with Gasteiger partial charge in [-0.25, -0.2) is 0 Å². The lowest BCUT2D eigenvalue weighted by atomic mass is 10.1. The number of methoxy groups -OCH3 is 1. The minimum absolute atomic E-state index is 0.0390. The zero-order valence-electron chi connectivity index (χ0n) is 12.4. The Morgan fingerprint density at radius 3 is 2.86 bits per heavy atom. The first-order valence-corrected chi connectivity index (χ1v) is 7.17. The Kier molecular flexibility index (Phi) is 7.16. The fraction of sp³-hybridized carbons (Fsp3) is 0.385. The number of rotatable bonds is 6. The van der Waals surface area contributed by atoms with E-state index < -0.39 is 4.92 Å². The summed E-state index contributed by atoms with van der Waals surface area (Å²) >= 11 is 10.9. The molecule has 7 nitrogen and oxygen atoms in total. The number of thiocarbonyl (C=S) groups is 1. The number of hydrogen-bond donors (Lipinski definition) is 2. The summed E-state index contributed by atoms with van der Waals surface area (Å²) in [6.45, 7) is 4.13. The normalized spacial score (nSPS) is 12.6. The van der Waals surface area contributed by atoms with Gasteiger partial charge >= 0.3 is 0 Å². The first kappa shape index (κ1) is 18.3. The molecule has 0 aliphatic heterocycles. The van der Waals surface area contributed by atoms with Crippen LogP contribution in [0.25, 0.3) is 0 Å². The van der Waals surface area contributed by atoms with Crippen LogP contribution in [0.1, 0.15) is 19.4 Å². The smallest absolute Gasteiger partial charge is 0.288 e. The average molecular weight is 345 g/mol. The second kappa shape index (κ2) is 8.62. The van der Waals surface area contributed by atoms with Gasteiger partial charge in [0.2, 0.25) is 0 Å². The third-order valence-electron chi connectivity index (χ3n) is 2.68. The molecule has 0 bridgehead atoms. The van der Waals surface area contributed by atoms with Gasteiger partial charge in [-0.2, -0.15) is 5.10 Å². The van der Waals surface area contributed by atoms with Crippen LogP contribution in [-0.4, -0.2) is 35.5 Å². The number of nitro groups is 1. The molecule has 120 valence electrons. The van der Waals surface area contributed by atoms with Gasteiger partial charge in [0.15, 0.2) is 5.11 Å². The van der Waals surface area contributed by atoms with Crippen molar-refractivity contribution >= 4 is 40.3 Å². The van der Waals surface area contributed by atoms with Crippen molar-refractivity contribution in [3.63, 3.8) is 0 Å². The van der Waals surface area contributed by atoms with E-state index in [-0.39, 0.29) is 16.8 Å². The van der Waals surface area contributed by atoms with Crippen LogP contribution >= 0.6 is 23.8 Å². The highest BCUT2D eigenvalue weighted by Gasteiger charge is 2.13. The van der Waals surface area contributed by atoms with Crippen LogP contribution in [-0.2, 0) is 4.74 Å². The number of ether oxygens (including phenoxy) is 1. The molecule has 0 radical (unpaired) electrons. The van der Waals surface area contributed by atoms with E-state index in [0.717, 1.165) is 0 Å². The lowest BCUT2D eigenvalue weighted by molar-refractivity contribution is -0.384. The molecule has 0 unspecified atom stereocenters. The summed E-state index contributed by atoms with van der Waals surface area (Å²) in [5, 5.41) is 18.4. The molecule has 1 aromatic carbocycles. The van der Waals surface area contributed by atoms with E-state index in [2.05, 4.69) is 15.8 Å².